The first-order valence-electron chi connectivity index (χ1n) is 8.77. The number of nitrogens with one attached hydrogen (secondary N) is 1. The number of aliphatic imine (C=N–C) groups is 1. The fourth-order valence-corrected chi connectivity index (χ4v) is 4.64. The predicted molar refractivity (Wildman–Crippen MR) is 112 cm³/mol. The smallest absolute Gasteiger partial charge is 0.236 e. The number of oxazole rings is 1. The Morgan fingerprint density at radius 2 is 2.12 bits per heavy atom. The van der Waals surface area contributed by atoms with Crippen LogP contribution in [0, 0.1) is 11.8 Å². The molecule has 1 N–H and O–H groups in total. The second-order valence-corrected chi connectivity index (χ2v) is 7.68. The van der Waals surface area contributed by atoms with E-state index in [9.17, 15) is 0 Å². The van der Waals surface area contributed by atoms with Gasteiger partial charge in [0.15, 0.2) is 5.96 Å². The fourth-order valence-electron chi connectivity index (χ4n) is 3.98. The van der Waals surface area contributed by atoms with Crippen LogP contribution in [0.15, 0.2) is 33.2 Å². The Morgan fingerprint density at radius 1 is 1.36 bits per heavy atom. The van der Waals surface area contributed by atoms with Crippen LogP contribution in [0.3, 0.4) is 0 Å². The van der Waals surface area contributed by atoms with Crippen molar-refractivity contribution >= 4 is 41.3 Å². The van der Waals surface area contributed by atoms with Crippen molar-refractivity contribution in [2.24, 2.45) is 16.8 Å². The molecule has 3 heterocycles. The van der Waals surface area contributed by atoms with Crippen molar-refractivity contribution < 1.29 is 4.42 Å². The first-order chi connectivity index (χ1) is 11.8. The molecule has 1 aliphatic carbocycles. The summed E-state index contributed by atoms with van der Waals surface area (Å²) in [5.41, 5.74) is 0.913. The van der Waals surface area contributed by atoms with Crippen LogP contribution in [0.2, 0.25) is 0 Å². The van der Waals surface area contributed by atoms with Crippen LogP contribution in [-0.2, 0) is 6.54 Å². The van der Waals surface area contributed by atoms with Crippen molar-refractivity contribution in [1.82, 2.24) is 15.2 Å². The zero-order valence-corrected chi connectivity index (χ0v) is 17.6. The number of nitrogens with zero attached hydrogens (tertiary/aromatic N) is 3. The lowest BCUT2D eigenvalue weighted by Crippen LogP contribution is -2.39. The molecular formula is C18H25IN4OS. The summed E-state index contributed by atoms with van der Waals surface area (Å²) in [7, 11) is 1.87. The van der Waals surface area contributed by atoms with Crippen LogP contribution >= 0.6 is 35.3 Å². The van der Waals surface area contributed by atoms with Gasteiger partial charge in [-0.15, -0.1) is 35.3 Å². The molecule has 1 saturated heterocycles. The van der Waals surface area contributed by atoms with Crippen molar-refractivity contribution in [3.63, 3.8) is 0 Å². The fraction of sp³-hybridized carbons (Fsp3) is 0.556. The van der Waals surface area contributed by atoms with E-state index in [1.54, 1.807) is 17.6 Å². The molecule has 0 aromatic carbocycles. The van der Waals surface area contributed by atoms with E-state index in [2.05, 4.69) is 20.2 Å². The molecular weight excluding hydrogens is 447 g/mol. The molecule has 2 aromatic rings. The van der Waals surface area contributed by atoms with E-state index in [0.717, 1.165) is 41.5 Å². The van der Waals surface area contributed by atoms with Crippen molar-refractivity contribution in [3.8, 4) is 10.8 Å². The minimum atomic E-state index is 0. The van der Waals surface area contributed by atoms with Gasteiger partial charge in [-0.2, -0.15) is 0 Å². The van der Waals surface area contributed by atoms with Gasteiger partial charge in [-0.1, -0.05) is 18.9 Å². The van der Waals surface area contributed by atoms with Gasteiger partial charge < -0.3 is 14.6 Å². The number of hydrogen-bond acceptors (Lipinski definition) is 4. The molecule has 1 aliphatic heterocycles. The number of hydrogen-bond donors (Lipinski definition) is 1. The molecule has 2 fully saturated rings. The predicted octanol–water partition coefficient (Wildman–Crippen LogP) is 4.22. The maximum atomic E-state index is 5.58. The zero-order chi connectivity index (χ0) is 16.4. The number of rotatable bonds is 3. The summed E-state index contributed by atoms with van der Waals surface area (Å²) in [6.45, 7) is 2.93. The van der Waals surface area contributed by atoms with E-state index in [4.69, 9.17) is 4.42 Å². The standard InChI is InChI=1S/C18H24N4OS.HI/c1-19-18(22-10-13-5-2-3-6-14(13)11-22)20-9-15-12-23-17(21-15)16-7-4-8-24-16;/h4,7-8,12-14H,2-3,5-6,9-11H2,1H3,(H,19,20);1H. The third-order valence-corrected chi connectivity index (χ3v) is 6.06. The molecule has 0 spiro atoms. The number of fused-ring (bicyclic) bond motifs is 1. The van der Waals surface area contributed by atoms with Crippen LogP contribution < -0.4 is 5.32 Å². The van der Waals surface area contributed by atoms with Gasteiger partial charge >= 0.3 is 0 Å². The maximum Gasteiger partial charge on any atom is 0.236 e. The lowest BCUT2D eigenvalue weighted by Gasteiger charge is -2.22. The number of aromatic nitrogens is 1. The molecule has 1 saturated carbocycles. The molecule has 2 aromatic heterocycles. The number of guanidine groups is 1. The first-order valence-corrected chi connectivity index (χ1v) is 9.65. The van der Waals surface area contributed by atoms with Gasteiger partial charge in [0, 0.05) is 20.1 Å². The van der Waals surface area contributed by atoms with Gasteiger partial charge in [0.05, 0.1) is 17.1 Å². The average molecular weight is 472 g/mol. The summed E-state index contributed by atoms with van der Waals surface area (Å²) < 4.78 is 5.58. The van der Waals surface area contributed by atoms with Crippen LogP contribution in [0.4, 0.5) is 0 Å². The molecule has 0 amide bonds. The second-order valence-electron chi connectivity index (χ2n) is 6.73. The number of thiophene rings is 1. The second kappa shape index (κ2) is 8.53. The Balaban J connectivity index is 0.00000182. The molecule has 2 atom stereocenters. The molecule has 25 heavy (non-hydrogen) atoms. The summed E-state index contributed by atoms with van der Waals surface area (Å²) in [5, 5.41) is 5.49. The van der Waals surface area contributed by atoms with Gasteiger partial charge in [-0.05, 0) is 36.1 Å². The lowest BCUT2D eigenvalue weighted by atomic mass is 9.82. The normalized spacial score (nSPS) is 23.2. The Labute approximate surface area is 169 Å². The van der Waals surface area contributed by atoms with Crippen LogP contribution in [0.1, 0.15) is 31.4 Å². The molecule has 0 bridgehead atoms. The van der Waals surface area contributed by atoms with E-state index < -0.39 is 0 Å². The molecule has 4 rings (SSSR count). The molecule has 2 unspecified atom stereocenters. The highest BCUT2D eigenvalue weighted by atomic mass is 127. The van der Waals surface area contributed by atoms with E-state index in [0.29, 0.717) is 12.4 Å². The third-order valence-electron chi connectivity index (χ3n) is 5.20. The summed E-state index contributed by atoms with van der Waals surface area (Å²) in [4.78, 5) is 12.5. The third kappa shape index (κ3) is 4.19. The van der Waals surface area contributed by atoms with Crippen molar-refractivity contribution in [3.05, 3.63) is 29.5 Å². The quantitative estimate of drug-likeness (QED) is 0.413. The average Bonchev–Trinajstić information content (AvgIpc) is 3.35. The minimum absolute atomic E-state index is 0. The zero-order valence-electron chi connectivity index (χ0n) is 14.5. The Hall–Kier alpha value is -1.09. The van der Waals surface area contributed by atoms with Crippen LogP contribution in [0.25, 0.3) is 10.8 Å². The number of halogens is 1. The molecule has 5 nitrogen and oxygen atoms in total. The number of likely N-dealkylation sites (tertiary alicyclic amines) is 1. The van der Waals surface area contributed by atoms with E-state index >= 15 is 0 Å². The van der Waals surface area contributed by atoms with Gasteiger partial charge in [0.1, 0.15) is 6.26 Å². The highest BCUT2D eigenvalue weighted by molar-refractivity contribution is 14.0. The molecule has 0 radical (unpaired) electrons. The molecule has 2 aliphatic rings. The highest BCUT2D eigenvalue weighted by Crippen LogP contribution is 2.36. The summed E-state index contributed by atoms with van der Waals surface area (Å²) in [6, 6.07) is 4.04. The van der Waals surface area contributed by atoms with E-state index in [1.807, 2.05) is 24.6 Å². The van der Waals surface area contributed by atoms with Gasteiger partial charge in [-0.3, -0.25) is 4.99 Å². The van der Waals surface area contributed by atoms with Gasteiger partial charge in [0.2, 0.25) is 5.89 Å². The lowest BCUT2D eigenvalue weighted by molar-refractivity contribution is 0.299. The van der Waals surface area contributed by atoms with E-state index in [-0.39, 0.29) is 24.0 Å². The highest BCUT2D eigenvalue weighted by Gasteiger charge is 2.35. The Kier molecular flexibility index (Phi) is 6.38. The first kappa shape index (κ1) is 18.7. The largest absolute Gasteiger partial charge is 0.443 e. The van der Waals surface area contributed by atoms with Crippen LogP contribution in [-0.4, -0.2) is 36.0 Å². The Bertz CT molecular complexity index is 686. The molecule has 136 valence electrons. The van der Waals surface area contributed by atoms with Crippen LogP contribution in [0.5, 0.6) is 0 Å². The SMILES string of the molecule is CN=C(NCc1coc(-c2cccs2)n1)N1CC2CCCCC2C1.I. The summed E-state index contributed by atoms with van der Waals surface area (Å²) in [6.07, 6.45) is 7.28. The van der Waals surface area contributed by atoms with Gasteiger partial charge in [-0.25, -0.2) is 4.98 Å². The topological polar surface area (TPSA) is 53.7 Å². The summed E-state index contributed by atoms with van der Waals surface area (Å²) >= 11 is 1.64. The molecule has 7 heteroatoms. The monoisotopic (exact) mass is 472 g/mol. The Morgan fingerprint density at radius 3 is 2.76 bits per heavy atom. The minimum Gasteiger partial charge on any atom is -0.443 e. The summed E-state index contributed by atoms with van der Waals surface area (Å²) in [5.74, 6) is 3.40. The van der Waals surface area contributed by atoms with Crippen molar-refractivity contribution in [2.45, 2.75) is 32.2 Å². The maximum absolute atomic E-state index is 5.58. The van der Waals surface area contributed by atoms with Crippen molar-refractivity contribution in [2.75, 3.05) is 20.1 Å². The van der Waals surface area contributed by atoms with E-state index in [1.165, 1.54) is 25.7 Å². The van der Waals surface area contributed by atoms with Crippen molar-refractivity contribution in [1.29, 1.82) is 0 Å². The van der Waals surface area contributed by atoms with Gasteiger partial charge in [0.25, 0.3) is 0 Å².